The molecule has 18 heavy (non-hydrogen) atoms. The molecule has 0 aliphatic heterocycles. The maximum absolute atomic E-state index is 11.2. The molecule has 0 aromatic carbocycles. The highest BCUT2D eigenvalue weighted by Gasteiger charge is 2.02. The number of carbonyl (C=O) groups is 1. The van der Waals surface area contributed by atoms with Crippen LogP contribution in [0.3, 0.4) is 0 Å². The maximum Gasteiger partial charge on any atom is 0.332 e. The molecule has 0 fully saturated rings. The lowest BCUT2D eigenvalue weighted by Gasteiger charge is -2.08. The van der Waals surface area contributed by atoms with E-state index in [1.807, 2.05) is 13.8 Å². The first-order valence-electron chi connectivity index (χ1n) is 6.29. The number of esters is 1. The summed E-state index contributed by atoms with van der Waals surface area (Å²) in [6.45, 7) is 6.63. The van der Waals surface area contributed by atoms with E-state index in [0.717, 1.165) is 0 Å². The molecule has 6 nitrogen and oxygen atoms in total. The molecule has 0 aromatic rings. The molecule has 0 bridgehead atoms. The van der Waals surface area contributed by atoms with E-state index in [1.165, 1.54) is 0 Å². The van der Waals surface area contributed by atoms with E-state index in [2.05, 4.69) is 0 Å². The Morgan fingerprint density at radius 3 is 2.44 bits per heavy atom. The van der Waals surface area contributed by atoms with Gasteiger partial charge < -0.3 is 24.7 Å². The van der Waals surface area contributed by atoms with Crippen LogP contribution in [0, 0.1) is 0 Å². The lowest BCUT2D eigenvalue weighted by Crippen LogP contribution is -2.17. The Hall–Kier alpha value is -0.690. The Bertz CT molecular complexity index is 199. The van der Waals surface area contributed by atoms with E-state index in [0.29, 0.717) is 46.0 Å². The number of rotatable bonds is 12. The summed E-state index contributed by atoms with van der Waals surface area (Å²) in [7, 11) is 0. The van der Waals surface area contributed by atoms with Gasteiger partial charge in [-0.2, -0.15) is 0 Å². The third-order valence-corrected chi connectivity index (χ3v) is 1.86. The van der Waals surface area contributed by atoms with Gasteiger partial charge in [-0.15, -0.1) is 0 Å². The third-order valence-electron chi connectivity index (χ3n) is 1.86. The average molecular weight is 263 g/mol. The summed E-state index contributed by atoms with van der Waals surface area (Å²) in [5.74, 6) is -0.363. The number of ether oxygens (including phenoxy) is 4. The van der Waals surface area contributed by atoms with E-state index in [1.54, 1.807) is 0 Å². The fourth-order valence-electron chi connectivity index (χ4n) is 1.06. The molecule has 2 N–H and O–H groups in total. The SMILES string of the molecule is CC(C)OCCCOC(=O)COCCOCCN. The summed E-state index contributed by atoms with van der Waals surface area (Å²) in [6, 6.07) is 0. The third kappa shape index (κ3) is 13.4. The maximum atomic E-state index is 11.2. The summed E-state index contributed by atoms with van der Waals surface area (Å²) < 4.78 is 20.4. The van der Waals surface area contributed by atoms with Gasteiger partial charge in [-0.3, -0.25) is 0 Å². The van der Waals surface area contributed by atoms with E-state index in [9.17, 15) is 4.79 Å². The van der Waals surface area contributed by atoms with Crippen LogP contribution in [0.2, 0.25) is 0 Å². The highest BCUT2D eigenvalue weighted by Crippen LogP contribution is 1.92. The summed E-state index contributed by atoms with van der Waals surface area (Å²) in [5.41, 5.74) is 5.24. The zero-order valence-corrected chi connectivity index (χ0v) is 11.4. The molecule has 0 radical (unpaired) electrons. The lowest BCUT2D eigenvalue weighted by atomic mass is 10.4. The second-order valence-electron chi connectivity index (χ2n) is 3.95. The Balaban J connectivity index is 3.17. The quantitative estimate of drug-likeness (QED) is 0.404. The van der Waals surface area contributed by atoms with Gasteiger partial charge in [-0.05, 0) is 13.8 Å². The molecule has 0 rings (SSSR count). The van der Waals surface area contributed by atoms with Gasteiger partial charge in [0.25, 0.3) is 0 Å². The predicted molar refractivity (Wildman–Crippen MR) is 67.4 cm³/mol. The van der Waals surface area contributed by atoms with Gasteiger partial charge in [0.15, 0.2) is 0 Å². The van der Waals surface area contributed by atoms with Gasteiger partial charge in [0.2, 0.25) is 0 Å². The Morgan fingerprint density at radius 2 is 1.78 bits per heavy atom. The normalized spacial score (nSPS) is 10.9. The van der Waals surface area contributed by atoms with Gasteiger partial charge in [-0.25, -0.2) is 4.79 Å². The van der Waals surface area contributed by atoms with Crippen molar-refractivity contribution in [2.75, 3.05) is 46.2 Å². The standard InChI is InChI=1S/C12H25NO5/c1-11(2)17-5-3-6-18-12(14)10-16-9-8-15-7-4-13/h11H,3-10,13H2,1-2H3. The van der Waals surface area contributed by atoms with Crippen molar-refractivity contribution in [3.8, 4) is 0 Å². The summed E-state index contributed by atoms with van der Waals surface area (Å²) in [6.07, 6.45) is 0.904. The molecule has 0 aliphatic carbocycles. The van der Waals surface area contributed by atoms with Crippen molar-refractivity contribution < 1.29 is 23.7 Å². The van der Waals surface area contributed by atoms with Crippen molar-refractivity contribution in [2.24, 2.45) is 5.73 Å². The molecule has 0 amide bonds. The van der Waals surface area contributed by atoms with Crippen molar-refractivity contribution >= 4 is 5.97 Å². The van der Waals surface area contributed by atoms with E-state index >= 15 is 0 Å². The molecule has 6 heteroatoms. The Kier molecular flexibility index (Phi) is 12.3. The van der Waals surface area contributed by atoms with Crippen LogP contribution >= 0.6 is 0 Å². The van der Waals surface area contributed by atoms with Crippen molar-refractivity contribution in [3.63, 3.8) is 0 Å². The smallest absolute Gasteiger partial charge is 0.332 e. The highest BCUT2D eigenvalue weighted by atomic mass is 16.6. The molecule has 0 atom stereocenters. The molecule has 0 saturated carbocycles. The molecule has 108 valence electrons. The lowest BCUT2D eigenvalue weighted by molar-refractivity contribution is -0.149. The van der Waals surface area contributed by atoms with Crippen molar-refractivity contribution in [1.82, 2.24) is 0 Å². The minimum Gasteiger partial charge on any atom is -0.464 e. The zero-order valence-electron chi connectivity index (χ0n) is 11.4. The zero-order chi connectivity index (χ0) is 13.6. The summed E-state index contributed by atoms with van der Waals surface area (Å²) >= 11 is 0. The van der Waals surface area contributed by atoms with Gasteiger partial charge in [0.05, 0.1) is 39.1 Å². The van der Waals surface area contributed by atoms with E-state index in [-0.39, 0.29) is 18.7 Å². The van der Waals surface area contributed by atoms with Crippen LogP contribution in [0.1, 0.15) is 20.3 Å². The first kappa shape index (κ1) is 17.3. The molecule has 0 aliphatic rings. The van der Waals surface area contributed by atoms with Gasteiger partial charge in [-0.1, -0.05) is 0 Å². The number of nitrogens with two attached hydrogens (primary N) is 1. The molecule has 0 unspecified atom stereocenters. The van der Waals surface area contributed by atoms with Crippen LogP contribution < -0.4 is 5.73 Å². The molecular formula is C12H25NO5. The van der Waals surface area contributed by atoms with Crippen LogP contribution in [-0.2, 0) is 23.7 Å². The summed E-state index contributed by atoms with van der Waals surface area (Å²) in [5, 5.41) is 0. The number of hydrogen-bond acceptors (Lipinski definition) is 6. The topological polar surface area (TPSA) is 80.0 Å². The summed E-state index contributed by atoms with van der Waals surface area (Å²) in [4.78, 5) is 11.2. The van der Waals surface area contributed by atoms with Crippen molar-refractivity contribution in [3.05, 3.63) is 0 Å². The second kappa shape index (κ2) is 12.8. The van der Waals surface area contributed by atoms with Crippen molar-refractivity contribution in [2.45, 2.75) is 26.4 Å². The van der Waals surface area contributed by atoms with Gasteiger partial charge in [0.1, 0.15) is 6.61 Å². The first-order valence-corrected chi connectivity index (χ1v) is 6.29. The van der Waals surface area contributed by atoms with Gasteiger partial charge in [0, 0.05) is 13.0 Å². The second-order valence-corrected chi connectivity index (χ2v) is 3.95. The monoisotopic (exact) mass is 263 g/mol. The van der Waals surface area contributed by atoms with E-state index in [4.69, 9.17) is 24.7 Å². The van der Waals surface area contributed by atoms with E-state index < -0.39 is 0 Å². The Morgan fingerprint density at radius 1 is 1.06 bits per heavy atom. The van der Waals surface area contributed by atoms with Crippen LogP contribution in [0.25, 0.3) is 0 Å². The molecule has 0 spiro atoms. The molecule has 0 aromatic heterocycles. The van der Waals surface area contributed by atoms with Crippen LogP contribution in [-0.4, -0.2) is 58.3 Å². The molecule has 0 heterocycles. The molecular weight excluding hydrogens is 238 g/mol. The average Bonchev–Trinajstić information content (AvgIpc) is 2.33. The van der Waals surface area contributed by atoms with Crippen LogP contribution in [0.4, 0.5) is 0 Å². The minimum atomic E-state index is -0.363. The fraction of sp³-hybridized carbons (Fsp3) is 0.917. The number of hydrogen-bond donors (Lipinski definition) is 1. The minimum absolute atomic E-state index is 0.0446. The highest BCUT2D eigenvalue weighted by molar-refractivity contribution is 5.70. The Labute approximate surface area is 109 Å². The predicted octanol–water partition coefficient (Wildman–Crippen LogP) is 0.337. The van der Waals surface area contributed by atoms with Crippen LogP contribution in [0.5, 0.6) is 0 Å². The first-order chi connectivity index (χ1) is 8.66. The van der Waals surface area contributed by atoms with Crippen LogP contribution in [0.15, 0.2) is 0 Å². The number of carbonyl (C=O) groups excluding carboxylic acids is 1. The molecule has 0 saturated heterocycles. The fourth-order valence-corrected chi connectivity index (χ4v) is 1.06. The van der Waals surface area contributed by atoms with Crippen molar-refractivity contribution in [1.29, 1.82) is 0 Å². The largest absolute Gasteiger partial charge is 0.464 e. The van der Waals surface area contributed by atoms with Gasteiger partial charge >= 0.3 is 5.97 Å².